The molecule has 0 aliphatic rings. The zero-order valence-corrected chi connectivity index (χ0v) is 11.3. The summed E-state index contributed by atoms with van der Waals surface area (Å²) in [5.74, 6) is 2.51. The summed E-state index contributed by atoms with van der Waals surface area (Å²) < 4.78 is 7.95. The molecule has 0 radical (unpaired) electrons. The predicted octanol–water partition coefficient (Wildman–Crippen LogP) is 3.89. The van der Waals surface area contributed by atoms with Crippen LogP contribution < -0.4 is 0 Å². The average molecular weight is 231 g/mol. The second-order valence-corrected chi connectivity index (χ2v) is 5.33. The van der Waals surface area contributed by atoms with Crippen LogP contribution >= 0.6 is 0 Å². The van der Waals surface area contributed by atoms with Crippen molar-refractivity contribution in [3.8, 4) is 0 Å². The smallest absolute Gasteiger partial charge is 0.114 e. The molecular formula is C15H21NO. The Labute approximate surface area is 103 Å². The number of aryl methyl sites for hydroxylation is 2. The Morgan fingerprint density at radius 3 is 2.35 bits per heavy atom. The standard InChI is InChI=1S/C15H21NO/c1-11(2)15(4,13-8-9-16(5)10-13)14-7-6-12(3)17-14/h6-11H,1-5H3. The molecule has 1 unspecified atom stereocenters. The third kappa shape index (κ3) is 1.92. The normalized spacial score (nSPS) is 15.2. The van der Waals surface area contributed by atoms with E-state index in [0.29, 0.717) is 5.92 Å². The molecule has 0 amide bonds. The Hall–Kier alpha value is -1.44. The third-order valence-corrected chi connectivity index (χ3v) is 3.84. The van der Waals surface area contributed by atoms with Crippen molar-refractivity contribution in [2.45, 2.75) is 33.1 Å². The number of aromatic nitrogens is 1. The highest BCUT2D eigenvalue weighted by Gasteiger charge is 2.36. The van der Waals surface area contributed by atoms with Crippen molar-refractivity contribution in [3.63, 3.8) is 0 Å². The molecule has 0 aromatic carbocycles. The van der Waals surface area contributed by atoms with Crippen LogP contribution in [-0.4, -0.2) is 4.57 Å². The van der Waals surface area contributed by atoms with Crippen LogP contribution in [0, 0.1) is 12.8 Å². The molecule has 92 valence electrons. The van der Waals surface area contributed by atoms with Crippen LogP contribution in [0.15, 0.2) is 35.0 Å². The van der Waals surface area contributed by atoms with E-state index in [0.717, 1.165) is 11.5 Å². The molecule has 1 atom stereocenters. The molecule has 0 spiro atoms. The van der Waals surface area contributed by atoms with E-state index in [1.807, 2.05) is 13.0 Å². The van der Waals surface area contributed by atoms with Gasteiger partial charge in [0.1, 0.15) is 11.5 Å². The van der Waals surface area contributed by atoms with Gasteiger partial charge in [-0.2, -0.15) is 0 Å². The van der Waals surface area contributed by atoms with Crippen LogP contribution in [0.1, 0.15) is 37.9 Å². The van der Waals surface area contributed by atoms with Crippen molar-refractivity contribution in [3.05, 3.63) is 47.7 Å². The van der Waals surface area contributed by atoms with Gasteiger partial charge in [-0.3, -0.25) is 0 Å². The van der Waals surface area contributed by atoms with Gasteiger partial charge in [-0.1, -0.05) is 13.8 Å². The molecule has 0 fully saturated rings. The fourth-order valence-corrected chi connectivity index (χ4v) is 2.28. The van der Waals surface area contributed by atoms with Crippen LogP contribution in [0.2, 0.25) is 0 Å². The number of rotatable bonds is 3. The van der Waals surface area contributed by atoms with Gasteiger partial charge in [0.15, 0.2) is 0 Å². The maximum atomic E-state index is 5.86. The first kappa shape index (κ1) is 12.0. The second-order valence-electron chi connectivity index (χ2n) is 5.33. The van der Waals surface area contributed by atoms with Crippen LogP contribution in [-0.2, 0) is 12.5 Å². The maximum absolute atomic E-state index is 5.86. The molecule has 0 saturated heterocycles. The van der Waals surface area contributed by atoms with Crippen molar-refractivity contribution in [1.82, 2.24) is 4.57 Å². The summed E-state index contributed by atoms with van der Waals surface area (Å²) in [6, 6.07) is 6.32. The van der Waals surface area contributed by atoms with Gasteiger partial charge in [0, 0.05) is 19.4 Å². The molecule has 0 aliphatic carbocycles. The molecule has 0 N–H and O–H groups in total. The molecule has 0 saturated carbocycles. The Morgan fingerprint density at radius 2 is 1.94 bits per heavy atom. The summed E-state index contributed by atoms with van der Waals surface area (Å²) in [5.41, 5.74) is 1.25. The Balaban J connectivity index is 2.53. The van der Waals surface area contributed by atoms with Crippen molar-refractivity contribution in [2.75, 3.05) is 0 Å². The van der Waals surface area contributed by atoms with Crippen molar-refractivity contribution < 1.29 is 4.42 Å². The van der Waals surface area contributed by atoms with Crippen molar-refractivity contribution >= 4 is 0 Å². The Bertz CT molecular complexity index is 464. The average Bonchev–Trinajstić information content (AvgIpc) is 2.86. The minimum Gasteiger partial charge on any atom is -0.465 e. The first-order chi connectivity index (χ1) is 7.94. The Kier molecular flexibility index (Phi) is 2.90. The largest absolute Gasteiger partial charge is 0.465 e. The lowest BCUT2D eigenvalue weighted by atomic mass is 9.72. The molecule has 2 aromatic heterocycles. The van der Waals surface area contributed by atoms with E-state index in [2.05, 4.69) is 56.9 Å². The molecule has 2 rings (SSSR count). The van der Waals surface area contributed by atoms with Gasteiger partial charge in [-0.05, 0) is 43.5 Å². The zero-order valence-electron chi connectivity index (χ0n) is 11.3. The summed E-state index contributed by atoms with van der Waals surface area (Å²) in [6.07, 6.45) is 4.27. The van der Waals surface area contributed by atoms with Crippen LogP contribution in [0.5, 0.6) is 0 Å². The molecular weight excluding hydrogens is 210 g/mol. The number of hydrogen-bond donors (Lipinski definition) is 0. The van der Waals surface area contributed by atoms with E-state index >= 15 is 0 Å². The van der Waals surface area contributed by atoms with E-state index in [4.69, 9.17) is 4.42 Å². The number of nitrogens with zero attached hydrogens (tertiary/aromatic N) is 1. The molecule has 2 heteroatoms. The molecule has 0 aliphatic heterocycles. The highest BCUT2D eigenvalue weighted by Crippen LogP contribution is 2.39. The molecule has 2 heterocycles. The summed E-state index contributed by atoms with van der Waals surface area (Å²) in [4.78, 5) is 0. The van der Waals surface area contributed by atoms with Gasteiger partial charge in [0.05, 0.1) is 5.41 Å². The third-order valence-electron chi connectivity index (χ3n) is 3.84. The van der Waals surface area contributed by atoms with Gasteiger partial charge in [0.25, 0.3) is 0 Å². The van der Waals surface area contributed by atoms with Crippen LogP contribution in [0.3, 0.4) is 0 Å². The van der Waals surface area contributed by atoms with Crippen molar-refractivity contribution in [1.29, 1.82) is 0 Å². The summed E-state index contributed by atoms with van der Waals surface area (Å²) in [6.45, 7) is 8.73. The highest BCUT2D eigenvalue weighted by molar-refractivity contribution is 5.33. The lowest BCUT2D eigenvalue weighted by Crippen LogP contribution is -2.29. The molecule has 2 nitrogen and oxygen atoms in total. The van der Waals surface area contributed by atoms with Crippen molar-refractivity contribution in [2.24, 2.45) is 13.0 Å². The summed E-state index contributed by atoms with van der Waals surface area (Å²) in [5, 5.41) is 0. The van der Waals surface area contributed by atoms with E-state index in [-0.39, 0.29) is 5.41 Å². The minimum atomic E-state index is -0.0600. The van der Waals surface area contributed by atoms with Gasteiger partial charge in [-0.25, -0.2) is 0 Å². The van der Waals surface area contributed by atoms with E-state index in [9.17, 15) is 0 Å². The highest BCUT2D eigenvalue weighted by atomic mass is 16.3. The monoisotopic (exact) mass is 231 g/mol. The fourth-order valence-electron chi connectivity index (χ4n) is 2.28. The summed E-state index contributed by atoms with van der Waals surface area (Å²) >= 11 is 0. The fraction of sp³-hybridized carbons (Fsp3) is 0.467. The molecule has 2 aromatic rings. The second kappa shape index (κ2) is 4.10. The van der Waals surface area contributed by atoms with E-state index in [1.165, 1.54) is 5.56 Å². The minimum absolute atomic E-state index is 0.0600. The number of furan rings is 1. The van der Waals surface area contributed by atoms with Gasteiger partial charge in [0.2, 0.25) is 0 Å². The van der Waals surface area contributed by atoms with Gasteiger partial charge < -0.3 is 8.98 Å². The lowest BCUT2D eigenvalue weighted by Gasteiger charge is -2.31. The first-order valence-corrected chi connectivity index (χ1v) is 6.14. The quantitative estimate of drug-likeness (QED) is 0.783. The first-order valence-electron chi connectivity index (χ1n) is 6.14. The van der Waals surface area contributed by atoms with Crippen LogP contribution in [0.4, 0.5) is 0 Å². The molecule has 17 heavy (non-hydrogen) atoms. The zero-order chi connectivity index (χ0) is 12.6. The van der Waals surface area contributed by atoms with E-state index in [1.54, 1.807) is 0 Å². The van der Waals surface area contributed by atoms with E-state index < -0.39 is 0 Å². The van der Waals surface area contributed by atoms with Gasteiger partial charge in [-0.15, -0.1) is 0 Å². The maximum Gasteiger partial charge on any atom is 0.114 e. The predicted molar refractivity (Wildman–Crippen MR) is 70.2 cm³/mol. The molecule has 0 bridgehead atoms. The van der Waals surface area contributed by atoms with Crippen LogP contribution in [0.25, 0.3) is 0 Å². The van der Waals surface area contributed by atoms with Gasteiger partial charge >= 0.3 is 0 Å². The summed E-state index contributed by atoms with van der Waals surface area (Å²) in [7, 11) is 2.05. The number of hydrogen-bond acceptors (Lipinski definition) is 1. The SMILES string of the molecule is Cc1ccc(C(C)(c2ccn(C)c2)C(C)C)o1. The Morgan fingerprint density at radius 1 is 1.24 bits per heavy atom. The topological polar surface area (TPSA) is 18.1 Å². The lowest BCUT2D eigenvalue weighted by molar-refractivity contribution is 0.319.